The number of rotatable bonds is 5. The van der Waals surface area contributed by atoms with Crippen molar-refractivity contribution in [3.63, 3.8) is 0 Å². The molecule has 1 amide bonds. The summed E-state index contributed by atoms with van der Waals surface area (Å²) in [7, 11) is 1.76. The lowest BCUT2D eigenvalue weighted by Gasteiger charge is -2.42. The van der Waals surface area contributed by atoms with Gasteiger partial charge in [-0.05, 0) is 44.0 Å². The molecule has 2 unspecified atom stereocenters. The molecule has 0 bridgehead atoms. The van der Waals surface area contributed by atoms with E-state index in [1.54, 1.807) is 29.8 Å². The van der Waals surface area contributed by atoms with Crippen LogP contribution >= 0.6 is 11.6 Å². The summed E-state index contributed by atoms with van der Waals surface area (Å²) in [6, 6.07) is 15.4. The summed E-state index contributed by atoms with van der Waals surface area (Å²) in [6.45, 7) is 6.33. The van der Waals surface area contributed by atoms with Gasteiger partial charge >= 0.3 is 0 Å². The normalized spacial score (nSPS) is 18.1. The summed E-state index contributed by atoms with van der Waals surface area (Å²) >= 11 is 6.06. The third kappa shape index (κ3) is 4.57. The SMILES string of the molecule is CC(c1nc2ccc(Cl)cc2c(=O)n1C)N1CCN(C(=O)CCc2ccccc2)C(C)C1. The van der Waals surface area contributed by atoms with Gasteiger partial charge in [-0.15, -0.1) is 0 Å². The predicted octanol–water partition coefficient (Wildman–Crippen LogP) is 3.81. The number of hydrogen-bond donors (Lipinski definition) is 0. The molecule has 2 heterocycles. The highest BCUT2D eigenvalue weighted by Gasteiger charge is 2.31. The number of hydrogen-bond acceptors (Lipinski definition) is 4. The monoisotopic (exact) mass is 452 g/mol. The van der Waals surface area contributed by atoms with Crippen molar-refractivity contribution in [3.05, 3.63) is 75.3 Å². The molecule has 3 aromatic rings. The lowest BCUT2D eigenvalue weighted by Crippen LogP contribution is -2.54. The minimum atomic E-state index is -0.0953. The van der Waals surface area contributed by atoms with Crippen LogP contribution in [-0.2, 0) is 18.3 Å². The lowest BCUT2D eigenvalue weighted by atomic mass is 10.1. The molecule has 0 radical (unpaired) electrons. The van der Waals surface area contributed by atoms with Gasteiger partial charge in [0.1, 0.15) is 5.82 Å². The third-order valence-electron chi connectivity index (χ3n) is 6.44. The molecule has 1 saturated heterocycles. The molecule has 1 fully saturated rings. The fourth-order valence-corrected chi connectivity index (χ4v) is 4.72. The molecule has 0 aliphatic carbocycles. The van der Waals surface area contributed by atoms with Gasteiger partial charge in [0, 0.05) is 44.2 Å². The maximum atomic E-state index is 12.9. The van der Waals surface area contributed by atoms with E-state index in [2.05, 4.69) is 30.9 Å². The van der Waals surface area contributed by atoms with Crippen LogP contribution in [0.1, 0.15) is 37.7 Å². The van der Waals surface area contributed by atoms with E-state index in [4.69, 9.17) is 16.6 Å². The summed E-state index contributed by atoms with van der Waals surface area (Å²) in [5.74, 6) is 0.919. The number of piperazine rings is 1. The number of aromatic nitrogens is 2. The van der Waals surface area contributed by atoms with Crippen LogP contribution in [0.3, 0.4) is 0 Å². The second kappa shape index (κ2) is 9.43. The highest BCUT2D eigenvalue weighted by Crippen LogP contribution is 2.24. The van der Waals surface area contributed by atoms with E-state index in [9.17, 15) is 9.59 Å². The predicted molar refractivity (Wildman–Crippen MR) is 128 cm³/mol. The van der Waals surface area contributed by atoms with Crippen molar-refractivity contribution in [1.29, 1.82) is 0 Å². The van der Waals surface area contributed by atoms with E-state index in [1.165, 1.54) is 5.56 Å². The van der Waals surface area contributed by atoms with Crippen molar-refractivity contribution in [2.24, 2.45) is 7.05 Å². The van der Waals surface area contributed by atoms with Crippen LogP contribution in [0.2, 0.25) is 5.02 Å². The molecule has 0 spiro atoms. The van der Waals surface area contributed by atoms with Gasteiger partial charge in [0.15, 0.2) is 0 Å². The zero-order chi connectivity index (χ0) is 22.8. The first kappa shape index (κ1) is 22.5. The number of nitrogens with zero attached hydrogens (tertiary/aromatic N) is 4. The van der Waals surface area contributed by atoms with Crippen LogP contribution in [0.5, 0.6) is 0 Å². The third-order valence-corrected chi connectivity index (χ3v) is 6.68. The molecule has 1 aliphatic rings. The van der Waals surface area contributed by atoms with Gasteiger partial charge in [-0.25, -0.2) is 4.98 Å². The summed E-state index contributed by atoms with van der Waals surface area (Å²) in [4.78, 5) is 34.8. The largest absolute Gasteiger partial charge is 0.337 e. The second-order valence-electron chi connectivity index (χ2n) is 8.59. The van der Waals surface area contributed by atoms with Gasteiger partial charge in [0.25, 0.3) is 5.56 Å². The molecule has 168 valence electrons. The summed E-state index contributed by atoms with van der Waals surface area (Å²) in [5, 5.41) is 1.05. The zero-order valence-electron chi connectivity index (χ0n) is 18.8. The Morgan fingerprint density at radius 1 is 1.19 bits per heavy atom. The second-order valence-corrected chi connectivity index (χ2v) is 9.02. The number of carbonyl (C=O) groups excluding carboxylic acids is 1. The van der Waals surface area contributed by atoms with Gasteiger partial charge in [-0.2, -0.15) is 0 Å². The van der Waals surface area contributed by atoms with Crippen molar-refractivity contribution in [1.82, 2.24) is 19.4 Å². The number of carbonyl (C=O) groups is 1. The van der Waals surface area contributed by atoms with Gasteiger partial charge in [0.2, 0.25) is 5.91 Å². The van der Waals surface area contributed by atoms with E-state index in [1.807, 2.05) is 23.1 Å². The quantitative estimate of drug-likeness (QED) is 0.590. The van der Waals surface area contributed by atoms with E-state index in [-0.39, 0.29) is 23.6 Å². The molecular formula is C25H29ClN4O2. The molecule has 1 aliphatic heterocycles. The molecule has 7 heteroatoms. The first-order valence-corrected chi connectivity index (χ1v) is 11.5. The molecule has 32 heavy (non-hydrogen) atoms. The summed E-state index contributed by atoms with van der Waals surface area (Å²) in [5.41, 5.74) is 1.74. The Morgan fingerprint density at radius 3 is 2.66 bits per heavy atom. The number of aryl methyl sites for hydroxylation is 1. The smallest absolute Gasteiger partial charge is 0.261 e. The van der Waals surface area contributed by atoms with Crippen LogP contribution in [0, 0.1) is 0 Å². The average Bonchev–Trinajstić information content (AvgIpc) is 2.80. The maximum absolute atomic E-state index is 12.9. The first-order chi connectivity index (χ1) is 15.3. The van der Waals surface area contributed by atoms with Crippen LogP contribution in [0.4, 0.5) is 0 Å². The van der Waals surface area contributed by atoms with Crippen LogP contribution in [-0.4, -0.2) is 50.9 Å². The molecule has 2 atom stereocenters. The van der Waals surface area contributed by atoms with Crippen LogP contribution in [0.15, 0.2) is 53.3 Å². The molecule has 4 rings (SSSR count). The highest BCUT2D eigenvalue weighted by atomic mass is 35.5. The van der Waals surface area contributed by atoms with Gasteiger partial charge in [-0.3, -0.25) is 19.1 Å². The molecule has 0 saturated carbocycles. The lowest BCUT2D eigenvalue weighted by molar-refractivity contribution is -0.136. The molecular weight excluding hydrogens is 424 g/mol. The Kier molecular flexibility index (Phi) is 6.63. The average molecular weight is 453 g/mol. The summed E-state index contributed by atoms with van der Waals surface area (Å²) < 4.78 is 1.62. The van der Waals surface area contributed by atoms with Crippen molar-refractivity contribution < 1.29 is 4.79 Å². The molecule has 6 nitrogen and oxygen atoms in total. The Labute approximate surface area is 193 Å². The minimum Gasteiger partial charge on any atom is -0.337 e. The summed E-state index contributed by atoms with van der Waals surface area (Å²) in [6.07, 6.45) is 1.28. The van der Waals surface area contributed by atoms with Crippen molar-refractivity contribution >= 4 is 28.4 Å². The van der Waals surface area contributed by atoms with Crippen molar-refractivity contribution in [2.45, 2.75) is 38.8 Å². The standard InChI is InChI=1S/C25H29ClN4O2/c1-17-16-29(13-14-30(17)23(31)12-9-19-7-5-4-6-8-19)18(2)24-27-22-11-10-20(26)15-21(22)25(32)28(24)3/h4-8,10-11,15,17-18H,9,12-14,16H2,1-3H3. The zero-order valence-corrected chi connectivity index (χ0v) is 19.5. The maximum Gasteiger partial charge on any atom is 0.261 e. The number of benzene rings is 2. The molecule has 0 N–H and O–H groups in total. The van der Waals surface area contributed by atoms with Gasteiger partial charge in [0.05, 0.1) is 16.9 Å². The van der Waals surface area contributed by atoms with Crippen LogP contribution < -0.4 is 5.56 Å². The Bertz CT molecular complexity index is 1180. The van der Waals surface area contributed by atoms with Crippen molar-refractivity contribution in [3.8, 4) is 0 Å². The fourth-order valence-electron chi connectivity index (χ4n) is 4.54. The fraction of sp³-hybridized carbons (Fsp3) is 0.400. The molecule has 2 aromatic carbocycles. The van der Waals surface area contributed by atoms with E-state index >= 15 is 0 Å². The van der Waals surface area contributed by atoms with E-state index in [0.29, 0.717) is 28.9 Å². The molecule has 1 aromatic heterocycles. The van der Waals surface area contributed by atoms with E-state index < -0.39 is 0 Å². The Morgan fingerprint density at radius 2 is 1.94 bits per heavy atom. The Hall–Kier alpha value is -2.70. The minimum absolute atomic E-state index is 0.0446. The van der Waals surface area contributed by atoms with Gasteiger partial charge < -0.3 is 4.90 Å². The van der Waals surface area contributed by atoms with E-state index in [0.717, 1.165) is 25.3 Å². The number of amides is 1. The highest BCUT2D eigenvalue weighted by molar-refractivity contribution is 6.31. The van der Waals surface area contributed by atoms with Crippen molar-refractivity contribution in [2.75, 3.05) is 19.6 Å². The van der Waals surface area contributed by atoms with Gasteiger partial charge in [-0.1, -0.05) is 41.9 Å². The Balaban J connectivity index is 1.45. The first-order valence-electron chi connectivity index (χ1n) is 11.1. The number of halogens is 1. The van der Waals surface area contributed by atoms with Crippen LogP contribution in [0.25, 0.3) is 10.9 Å². The topological polar surface area (TPSA) is 58.4 Å². The number of fused-ring (bicyclic) bond motifs is 1.